The van der Waals surface area contributed by atoms with Crippen molar-refractivity contribution in [2.75, 3.05) is 38.8 Å². The lowest BCUT2D eigenvalue weighted by molar-refractivity contribution is -0.146. The fraction of sp³-hybridized carbons (Fsp3) is 0.300. The van der Waals surface area contributed by atoms with E-state index in [1.54, 1.807) is 16.9 Å². The van der Waals surface area contributed by atoms with E-state index in [9.17, 15) is 9.59 Å². The van der Waals surface area contributed by atoms with Gasteiger partial charge < -0.3 is 19.3 Å². The van der Waals surface area contributed by atoms with Crippen molar-refractivity contribution >= 4 is 17.5 Å². The minimum atomic E-state index is -0.702. The van der Waals surface area contributed by atoms with Crippen molar-refractivity contribution in [1.29, 1.82) is 0 Å². The molecule has 2 aromatic carbocycles. The summed E-state index contributed by atoms with van der Waals surface area (Å²) >= 11 is 0. The number of benzene rings is 2. The van der Waals surface area contributed by atoms with Gasteiger partial charge in [-0.3, -0.25) is 9.59 Å². The zero-order valence-electron chi connectivity index (χ0n) is 14.9. The van der Waals surface area contributed by atoms with Crippen molar-refractivity contribution < 1.29 is 19.1 Å². The van der Waals surface area contributed by atoms with Crippen LogP contribution >= 0.6 is 0 Å². The number of hydrogen-bond acceptors (Lipinski definition) is 4. The van der Waals surface area contributed by atoms with Crippen LogP contribution in [0.2, 0.25) is 0 Å². The molecule has 0 bridgehead atoms. The van der Waals surface area contributed by atoms with Gasteiger partial charge in [-0.25, -0.2) is 0 Å². The van der Waals surface area contributed by atoms with Crippen molar-refractivity contribution in [3.63, 3.8) is 0 Å². The Labute approximate surface area is 152 Å². The molecular formula is C20H22N2O4. The Kier molecular flexibility index (Phi) is 5.53. The van der Waals surface area contributed by atoms with Crippen LogP contribution < -0.4 is 9.64 Å². The Hall–Kier alpha value is -2.86. The maximum Gasteiger partial charge on any atom is 0.256 e. The number of carbonyl (C=O) groups excluding carboxylic acids is 2. The molecule has 1 atom stereocenters. The molecule has 136 valence electrons. The minimum Gasteiger partial charge on any atom is -0.497 e. The quantitative estimate of drug-likeness (QED) is 0.826. The monoisotopic (exact) mass is 354 g/mol. The predicted octanol–water partition coefficient (Wildman–Crippen LogP) is 2.26. The standard InChI is InChI=1S/C20H22N2O4/c1-25-17-10-6-9-16(13-17)22-12-11-21(14-18(22)23)20(24)19(26-2)15-7-4-3-5-8-15/h3-10,13,19H,11-12,14H2,1-2H3/t19-/m1/s1. The molecule has 1 fully saturated rings. The summed E-state index contributed by atoms with van der Waals surface area (Å²) in [4.78, 5) is 28.7. The first-order valence-corrected chi connectivity index (χ1v) is 8.45. The Morgan fingerprint density at radius 2 is 1.81 bits per heavy atom. The average Bonchev–Trinajstić information content (AvgIpc) is 2.69. The van der Waals surface area contributed by atoms with Crippen molar-refractivity contribution in [2.45, 2.75) is 6.10 Å². The topological polar surface area (TPSA) is 59.1 Å². The van der Waals surface area contributed by atoms with Gasteiger partial charge in [-0.1, -0.05) is 36.4 Å². The van der Waals surface area contributed by atoms with Gasteiger partial charge in [-0.15, -0.1) is 0 Å². The second-order valence-electron chi connectivity index (χ2n) is 6.03. The second kappa shape index (κ2) is 8.01. The normalized spacial score (nSPS) is 15.7. The van der Waals surface area contributed by atoms with E-state index < -0.39 is 6.10 Å². The molecule has 1 aliphatic rings. The van der Waals surface area contributed by atoms with E-state index in [2.05, 4.69) is 0 Å². The zero-order chi connectivity index (χ0) is 18.5. The van der Waals surface area contributed by atoms with Crippen LogP contribution in [0, 0.1) is 0 Å². The summed E-state index contributed by atoms with van der Waals surface area (Å²) < 4.78 is 10.6. The predicted molar refractivity (Wildman–Crippen MR) is 98.1 cm³/mol. The fourth-order valence-electron chi connectivity index (χ4n) is 3.09. The molecule has 0 N–H and O–H groups in total. The first-order valence-electron chi connectivity index (χ1n) is 8.45. The van der Waals surface area contributed by atoms with Gasteiger partial charge in [0.15, 0.2) is 6.10 Å². The van der Waals surface area contributed by atoms with Crippen LogP contribution in [0.5, 0.6) is 5.75 Å². The largest absolute Gasteiger partial charge is 0.497 e. The number of ether oxygens (including phenoxy) is 2. The van der Waals surface area contributed by atoms with E-state index >= 15 is 0 Å². The number of methoxy groups -OCH3 is 2. The van der Waals surface area contributed by atoms with Crippen molar-refractivity contribution in [2.24, 2.45) is 0 Å². The Morgan fingerprint density at radius 3 is 2.46 bits per heavy atom. The van der Waals surface area contributed by atoms with Gasteiger partial charge in [0.1, 0.15) is 12.3 Å². The first-order chi connectivity index (χ1) is 12.6. The van der Waals surface area contributed by atoms with Gasteiger partial charge in [0.05, 0.1) is 7.11 Å². The Bertz CT molecular complexity index is 778. The summed E-state index contributed by atoms with van der Waals surface area (Å²) in [6.07, 6.45) is -0.702. The molecule has 6 nitrogen and oxygen atoms in total. The molecule has 3 rings (SSSR count). The smallest absolute Gasteiger partial charge is 0.256 e. The number of amides is 2. The van der Waals surface area contributed by atoms with Gasteiger partial charge in [0.25, 0.3) is 5.91 Å². The number of carbonyl (C=O) groups is 2. The van der Waals surface area contributed by atoms with Crippen molar-refractivity contribution in [3.8, 4) is 5.75 Å². The fourth-order valence-corrected chi connectivity index (χ4v) is 3.09. The van der Waals surface area contributed by atoms with Crippen molar-refractivity contribution in [1.82, 2.24) is 4.90 Å². The molecule has 0 aliphatic carbocycles. The maximum absolute atomic E-state index is 12.8. The van der Waals surface area contributed by atoms with E-state index in [0.717, 1.165) is 11.3 Å². The lowest BCUT2D eigenvalue weighted by atomic mass is 10.1. The van der Waals surface area contributed by atoms with Crippen LogP contribution in [-0.2, 0) is 14.3 Å². The van der Waals surface area contributed by atoms with E-state index in [0.29, 0.717) is 18.8 Å². The second-order valence-corrected chi connectivity index (χ2v) is 6.03. The average molecular weight is 354 g/mol. The number of rotatable bonds is 5. The maximum atomic E-state index is 12.8. The van der Waals surface area contributed by atoms with Crippen LogP contribution in [0.25, 0.3) is 0 Å². The van der Waals surface area contributed by atoms with E-state index in [1.165, 1.54) is 7.11 Å². The van der Waals surface area contributed by atoms with E-state index in [-0.39, 0.29) is 18.4 Å². The van der Waals surface area contributed by atoms with Gasteiger partial charge >= 0.3 is 0 Å². The summed E-state index contributed by atoms with van der Waals surface area (Å²) in [5.41, 5.74) is 1.55. The molecule has 26 heavy (non-hydrogen) atoms. The highest BCUT2D eigenvalue weighted by Crippen LogP contribution is 2.24. The molecule has 1 saturated heterocycles. The number of hydrogen-bond donors (Lipinski definition) is 0. The Balaban J connectivity index is 1.71. The molecule has 0 aromatic heterocycles. The third-order valence-electron chi connectivity index (χ3n) is 4.46. The summed E-state index contributed by atoms with van der Waals surface area (Å²) in [7, 11) is 3.09. The van der Waals surface area contributed by atoms with Gasteiger partial charge in [0.2, 0.25) is 5.91 Å². The molecule has 1 heterocycles. The zero-order valence-corrected chi connectivity index (χ0v) is 14.9. The molecule has 0 spiro atoms. The molecular weight excluding hydrogens is 332 g/mol. The van der Waals surface area contributed by atoms with E-state index in [1.807, 2.05) is 54.6 Å². The third kappa shape index (κ3) is 3.70. The number of anilines is 1. The molecule has 0 saturated carbocycles. The molecule has 0 radical (unpaired) electrons. The molecule has 2 amide bonds. The summed E-state index contributed by atoms with van der Waals surface area (Å²) in [5.74, 6) is 0.371. The first kappa shape index (κ1) is 17.9. The molecule has 2 aromatic rings. The summed E-state index contributed by atoms with van der Waals surface area (Å²) in [6.45, 7) is 0.917. The van der Waals surface area contributed by atoms with Gasteiger partial charge in [-0.2, -0.15) is 0 Å². The van der Waals surface area contributed by atoms with Crippen LogP contribution in [0.15, 0.2) is 54.6 Å². The van der Waals surface area contributed by atoms with E-state index in [4.69, 9.17) is 9.47 Å². The third-order valence-corrected chi connectivity index (χ3v) is 4.46. The van der Waals surface area contributed by atoms with Crippen LogP contribution in [-0.4, -0.2) is 50.6 Å². The van der Waals surface area contributed by atoms with Crippen LogP contribution in [0.4, 0.5) is 5.69 Å². The molecule has 0 unspecified atom stereocenters. The SMILES string of the molecule is COc1cccc(N2CCN(C(=O)[C@H](OC)c3ccccc3)CC2=O)c1. The lowest BCUT2D eigenvalue weighted by Crippen LogP contribution is -2.53. The summed E-state index contributed by atoms with van der Waals surface area (Å²) in [6, 6.07) is 16.7. The Morgan fingerprint density at radius 1 is 1.04 bits per heavy atom. The highest BCUT2D eigenvalue weighted by molar-refractivity contribution is 5.98. The molecule has 1 aliphatic heterocycles. The number of nitrogens with zero attached hydrogens (tertiary/aromatic N) is 2. The lowest BCUT2D eigenvalue weighted by Gasteiger charge is -2.35. The highest BCUT2D eigenvalue weighted by Gasteiger charge is 2.32. The molecule has 6 heteroatoms. The highest BCUT2D eigenvalue weighted by atomic mass is 16.5. The van der Waals surface area contributed by atoms with Crippen molar-refractivity contribution in [3.05, 3.63) is 60.2 Å². The number of piperazine rings is 1. The summed E-state index contributed by atoms with van der Waals surface area (Å²) in [5, 5.41) is 0. The minimum absolute atomic E-state index is 0.0305. The van der Waals surface area contributed by atoms with Crippen LogP contribution in [0.1, 0.15) is 11.7 Å². The van der Waals surface area contributed by atoms with Crippen LogP contribution in [0.3, 0.4) is 0 Å². The van der Waals surface area contributed by atoms with Gasteiger partial charge in [0, 0.05) is 32.0 Å². The van der Waals surface area contributed by atoms with Gasteiger partial charge in [-0.05, 0) is 17.7 Å².